The van der Waals surface area contributed by atoms with Crippen molar-refractivity contribution in [1.82, 2.24) is 19.5 Å². The molecular formula is C14H20F4N5O4P. The van der Waals surface area contributed by atoms with E-state index in [-0.39, 0.29) is 29.7 Å². The van der Waals surface area contributed by atoms with Crippen molar-refractivity contribution >= 4 is 25.6 Å². The lowest BCUT2D eigenvalue weighted by Gasteiger charge is -2.19. The second-order valence-electron chi connectivity index (χ2n) is 5.95. The number of nitrogens with zero attached hydrogens (tertiary/aromatic N) is 4. The molecule has 0 aromatic carbocycles. The van der Waals surface area contributed by atoms with Gasteiger partial charge in [0.05, 0.1) is 25.1 Å². The second-order valence-corrected chi connectivity index (χ2v) is 6.89. The average Bonchev–Trinajstić information content (AvgIpc) is 3.14. The molecule has 2 aromatic rings. The SMILES string of the molecule is CC(C)OP(O)OCC1CC(F)(F)C(n2cnc3c(N)ncnc32)O1.FCF. The van der Waals surface area contributed by atoms with Gasteiger partial charge in [-0.15, -0.1) is 0 Å². The molecule has 158 valence electrons. The van der Waals surface area contributed by atoms with E-state index in [1.807, 2.05) is 0 Å². The van der Waals surface area contributed by atoms with E-state index in [1.54, 1.807) is 13.8 Å². The lowest BCUT2D eigenvalue weighted by Crippen LogP contribution is -2.25. The number of anilines is 1. The summed E-state index contributed by atoms with van der Waals surface area (Å²) in [6.07, 6.45) is -0.953. The molecular weight excluding hydrogens is 409 g/mol. The van der Waals surface area contributed by atoms with E-state index in [0.717, 1.165) is 4.57 Å². The Morgan fingerprint density at radius 1 is 1.39 bits per heavy atom. The number of ether oxygens (including phenoxy) is 1. The lowest BCUT2D eigenvalue weighted by molar-refractivity contribution is -0.116. The van der Waals surface area contributed by atoms with Crippen LogP contribution in [0.1, 0.15) is 26.5 Å². The quantitative estimate of drug-likeness (QED) is 0.532. The number of rotatable bonds is 6. The number of fused-ring (bicyclic) bond motifs is 1. The molecule has 0 amide bonds. The zero-order valence-electron chi connectivity index (χ0n) is 15.0. The predicted molar refractivity (Wildman–Crippen MR) is 91.6 cm³/mol. The summed E-state index contributed by atoms with van der Waals surface area (Å²) < 4.78 is 64.7. The Bertz CT molecular complexity index is 768. The molecule has 0 aliphatic carbocycles. The maximum Gasteiger partial charge on any atom is 0.330 e. The largest absolute Gasteiger partial charge is 0.382 e. The summed E-state index contributed by atoms with van der Waals surface area (Å²) in [6.45, 7) is 1.48. The highest BCUT2D eigenvalue weighted by Crippen LogP contribution is 2.45. The molecule has 3 unspecified atom stereocenters. The van der Waals surface area contributed by atoms with Gasteiger partial charge in [0, 0.05) is 6.42 Å². The van der Waals surface area contributed by atoms with Gasteiger partial charge in [-0.05, 0) is 13.8 Å². The fraction of sp³-hybridized carbons (Fsp3) is 0.643. The van der Waals surface area contributed by atoms with Gasteiger partial charge in [0.25, 0.3) is 5.92 Å². The number of aromatic nitrogens is 4. The third-order valence-electron chi connectivity index (χ3n) is 3.49. The Morgan fingerprint density at radius 2 is 2.07 bits per heavy atom. The molecule has 3 rings (SSSR count). The molecule has 1 saturated heterocycles. The van der Waals surface area contributed by atoms with E-state index in [1.165, 1.54) is 12.7 Å². The zero-order valence-corrected chi connectivity index (χ0v) is 15.9. The van der Waals surface area contributed by atoms with E-state index in [0.29, 0.717) is 0 Å². The van der Waals surface area contributed by atoms with Crippen LogP contribution in [0, 0.1) is 0 Å². The third-order valence-corrected chi connectivity index (χ3v) is 4.47. The van der Waals surface area contributed by atoms with Crippen LogP contribution in [0.25, 0.3) is 11.2 Å². The van der Waals surface area contributed by atoms with Gasteiger partial charge in [0.1, 0.15) is 11.8 Å². The van der Waals surface area contributed by atoms with Crippen LogP contribution in [0.3, 0.4) is 0 Å². The molecule has 1 aliphatic heterocycles. The molecule has 1 aliphatic rings. The average molecular weight is 429 g/mol. The highest BCUT2D eigenvalue weighted by molar-refractivity contribution is 7.40. The minimum Gasteiger partial charge on any atom is -0.382 e. The molecule has 0 saturated carbocycles. The van der Waals surface area contributed by atoms with Crippen molar-refractivity contribution in [2.45, 2.75) is 44.6 Å². The molecule has 3 atom stereocenters. The minimum atomic E-state index is -3.17. The highest BCUT2D eigenvalue weighted by atomic mass is 31.2. The van der Waals surface area contributed by atoms with Crippen molar-refractivity contribution in [1.29, 1.82) is 0 Å². The van der Waals surface area contributed by atoms with Gasteiger partial charge < -0.3 is 24.4 Å². The third kappa shape index (κ3) is 5.45. The van der Waals surface area contributed by atoms with Gasteiger partial charge in [0.15, 0.2) is 11.5 Å². The van der Waals surface area contributed by atoms with Crippen LogP contribution in [0.4, 0.5) is 23.4 Å². The zero-order chi connectivity index (χ0) is 20.9. The van der Waals surface area contributed by atoms with Crippen molar-refractivity contribution in [2.75, 3.05) is 19.3 Å². The Morgan fingerprint density at radius 3 is 2.71 bits per heavy atom. The summed E-state index contributed by atoms with van der Waals surface area (Å²) in [5, 5.41) is 0. The molecule has 28 heavy (non-hydrogen) atoms. The smallest absolute Gasteiger partial charge is 0.330 e. The Hall–Kier alpha value is -1.66. The van der Waals surface area contributed by atoms with E-state index in [4.69, 9.17) is 19.5 Å². The summed E-state index contributed by atoms with van der Waals surface area (Å²) in [6, 6.07) is 0. The van der Waals surface area contributed by atoms with Crippen LogP contribution in [-0.2, 0) is 13.8 Å². The van der Waals surface area contributed by atoms with Crippen LogP contribution in [-0.4, -0.2) is 56.1 Å². The Labute approximate surface area is 158 Å². The highest BCUT2D eigenvalue weighted by Gasteiger charge is 2.52. The topological polar surface area (TPSA) is 118 Å². The van der Waals surface area contributed by atoms with Crippen LogP contribution < -0.4 is 5.73 Å². The first kappa shape index (κ1) is 22.6. The second kappa shape index (κ2) is 9.70. The van der Waals surface area contributed by atoms with E-state index < -0.39 is 40.2 Å². The maximum absolute atomic E-state index is 14.4. The fourth-order valence-electron chi connectivity index (χ4n) is 2.50. The van der Waals surface area contributed by atoms with Crippen LogP contribution in [0.5, 0.6) is 0 Å². The number of imidazole rings is 1. The first-order valence-electron chi connectivity index (χ1n) is 8.06. The van der Waals surface area contributed by atoms with Gasteiger partial charge in [-0.2, -0.15) is 0 Å². The van der Waals surface area contributed by atoms with Gasteiger partial charge in [0.2, 0.25) is 13.2 Å². The van der Waals surface area contributed by atoms with E-state index in [9.17, 15) is 22.5 Å². The molecule has 3 N–H and O–H groups in total. The molecule has 1 fully saturated rings. The first-order valence-corrected chi connectivity index (χ1v) is 9.19. The van der Waals surface area contributed by atoms with Crippen LogP contribution in [0.2, 0.25) is 0 Å². The van der Waals surface area contributed by atoms with Gasteiger partial charge in [-0.25, -0.2) is 32.5 Å². The monoisotopic (exact) mass is 429 g/mol. The minimum absolute atomic E-state index is 0.0988. The first-order chi connectivity index (χ1) is 13.2. The fourth-order valence-corrected chi connectivity index (χ4v) is 3.22. The number of alkyl halides is 4. The van der Waals surface area contributed by atoms with Crippen LogP contribution in [0.15, 0.2) is 12.7 Å². The van der Waals surface area contributed by atoms with Crippen molar-refractivity contribution < 1.29 is 36.2 Å². The standard InChI is InChI=1S/C13H18F2N5O4P.CH2F2/c1-7(2)24-25(21)22-4-8-3-13(14,15)12(23-8)20-6-19-9-10(16)17-5-18-11(9)20;2-1-3/h5-8,12,21H,3-4H2,1-2H3,(H2,16,17,18);1H2. The summed E-state index contributed by atoms with van der Waals surface area (Å²) >= 11 is 0. The van der Waals surface area contributed by atoms with Crippen molar-refractivity contribution in [2.24, 2.45) is 0 Å². The van der Waals surface area contributed by atoms with Gasteiger partial charge in [-0.1, -0.05) is 0 Å². The molecule has 0 radical (unpaired) electrons. The maximum atomic E-state index is 14.4. The molecule has 9 nitrogen and oxygen atoms in total. The number of halogens is 4. The van der Waals surface area contributed by atoms with Gasteiger partial charge >= 0.3 is 8.60 Å². The Balaban J connectivity index is 0.000000878. The molecule has 3 heterocycles. The number of hydrogen-bond donors (Lipinski definition) is 2. The summed E-state index contributed by atoms with van der Waals surface area (Å²) in [7, 11) is -2.14. The lowest BCUT2D eigenvalue weighted by atomic mass is 10.2. The molecule has 2 aromatic heterocycles. The molecule has 0 bridgehead atoms. The normalized spacial score (nSPS) is 22.3. The van der Waals surface area contributed by atoms with Crippen LogP contribution >= 0.6 is 8.60 Å². The predicted octanol–water partition coefficient (Wildman–Crippen LogP) is 2.88. The number of nitrogens with two attached hydrogens (primary N) is 1. The van der Waals surface area contributed by atoms with E-state index in [2.05, 4.69) is 15.0 Å². The molecule has 0 spiro atoms. The number of hydrogen-bond acceptors (Lipinski definition) is 8. The Kier molecular flexibility index (Phi) is 7.84. The summed E-state index contributed by atoms with van der Waals surface area (Å²) in [5.74, 6) is -3.07. The van der Waals surface area contributed by atoms with E-state index >= 15 is 0 Å². The van der Waals surface area contributed by atoms with Crippen molar-refractivity contribution in [3.8, 4) is 0 Å². The molecule has 14 heteroatoms. The van der Waals surface area contributed by atoms with Crippen molar-refractivity contribution in [3.05, 3.63) is 12.7 Å². The van der Waals surface area contributed by atoms with Crippen molar-refractivity contribution in [3.63, 3.8) is 0 Å². The summed E-state index contributed by atoms with van der Waals surface area (Å²) in [4.78, 5) is 21.3. The number of nitrogen functional groups attached to an aromatic ring is 1. The van der Waals surface area contributed by atoms with Gasteiger partial charge in [-0.3, -0.25) is 4.57 Å². The summed E-state index contributed by atoms with van der Waals surface area (Å²) in [5.41, 5.74) is 6.06.